The largest absolute Gasteiger partial charge is 0.481 e. The standard InChI is InChI=1S/C28H31F4N5O2/c1-18(16-33-2)36-26(38)27(20-6-8-23(35-17-20)21-5-4-12-34-25(21)39-3)10-13-37(14-11-27)24-9-7-19(15-22(24)29)28(30,31)32/h4-9,12,15,17-18,33H,10-11,13-14,16H2,1-3H3,(H,36,38)/t18-/m0/s1. The summed E-state index contributed by atoms with van der Waals surface area (Å²) in [6.07, 6.45) is -0.697. The third kappa shape index (κ3) is 5.98. The summed E-state index contributed by atoms with van der Waals surface area (Å²) in [5, 5.41) is 6.11. The van der Waals surface area contributed by atoms with Gasteiger partial charge in [-0.25, -0.2) is 9.37 Å². The molecule has 1 aromatic carbocycles. The first-order valence-corrected chi connectivity index (χ1v) is 12.6. The van der Waals surface area contributed by atoms with Gasteiger partial charge in [0.15, 0.2) is 0 Å². The maximum Gasteiger partial charge on any atom is 0.416 e. The predicted octanol–water partition coefficient (Wildman–Crippen LogP) is 4.57. The summed E-state index contributed by atoms with van der Waals surface area (Å²) >= 11 is 0. The second-order valence-electron chi connectivity index (χ2n) is 9.66. The summed E-state index contributed by atoms with van der Waals surface area (Å²) in [6, 6.07) is 9.68. The zero-order chi connectivity index (χ0) is 28.2. The smallest absolute Gasteiger partial charge is 0.416 e. The molecule has 2 N–H and O–H groups in total. The molecule has 1 aliphatic heterocycles. The summed E-state index contributed by atoms with van der Waals surface area (Å²) in [7, 11) is 3.32. The number of nitrogens with zero attached hydrogens (tertiary/aromatic N) is 3. The number of benzene rings is 1. The minimum absolute atomic E-state index is 0.0812. The number of rotatable bonds is 8. The van der Waals surface area contributed by atoms with Crippen LogP contribution in [0.1, 0.15) is 30.9 Å². The first-order valence-electron chi connectivity index (χ1n) is 12.6. The van der Waals surface area contributed by atoms with Crippen molar-refractivity contribution in [3.63, 3.8) is 0 Å². The van der Waals surface area contributed by atoms with Gasteiger partial charge in [-0.1, -0.05) is 6.07 Å². The van der Waals surface area contributed by atoms with E-state index in [1.165, 1.54) is 7.11 Å². The van der Waals surface area contributed by atoms with Crippen LogP contribution in [-0.2, 0) is 16.4 Å². The molecule has 3 aromatic rings. The lowest BCUT2D eigenvalue weighted by Gasteiger charge is -2.42. The van der Waals surface area contributed by atoms with Gasteiger partial charge in [0.05, 0.1) is 35.0 Å². The van der Waals surface area contributed by atoms with Crippen LogP contribution in [-0.4, -0.2) is 55.7 Å². The molecule has 0 unspecified atom stereocenters. The van der Waals surface area contributed by atoms with Crippen molar-refractivity contribution in [3.8, 4) is 17.1 Å². The lowest BCUT2D eigenvalue weighted by molar-refractivity contribution is -0.137. The average molecular weight is 546 g/mol. The molecule has 3 heterocycles. The molecule has 1 atom stereocenters. The highest BCUT2D eigenvalue weighted by atomic mass is 19.4. The van der Waals surface area contributed by atoms with Crippen molar-refractivity contribution in [2.45, 2.75) is 37.4 Å². The third-order valence-corrected chi connectivity index (χ3v) is 7.11. The topological polar surface area (TPSA) is 79.4 Å². The molecule has 0 saturated carbocycles. The lowest BCUT2D eigenvalue weighted by atomic mass is 9.72. The number of likely N-dealkylation sites (N-methyl/N-ethyl adjacent to an activating group) is 1. The van der Waals surface area contributed by atoms with Gasteiger partial charge < -0.3 is 20.3 Å². The molecule has 0 aliphatic carbocycles. The van der Waals surface area contributed by atoms with Crippen LogP contribution in [0, 0.1) is 5.82 Å². The third-order valence-electron chi connectivity index (χ3n) is 7.11. The summed E-state index contributed by atoms with van der Waals surface area (Å²) in [5.41, 5.74) is 0.135. The van der Waals surface area contributed by atoms with Crippen LogP contribution in [0.4, 0.5) is 23.2 Å². The van der Waals surface area contributed by atoms with E-state index >= 15 is 0 Å². The number of aromatic nitrogens is 2. The van der Waals surface area contributed by atoms with Gasteiger partial charge in [-0.05, 0) is 68.8 Å². The fourth-order valence-electron chi connectivity index (χ4n) is 5.02. The van der Waals surface area contributed by atoms with E-state index < -0.39 is 23.0 Å². The quantitative estimate of drug-likeness (QED) is 0.404. The number of hydrogen-bond acceptors (Lipinski definition) is 6. The molecule has 4 rings (SSSR count). The van der Waals surface area contributed by atoms with Crippen molar-refractivity contribution in [1.82, 2.24) is 20.6 Å². The van der Waals surface area contributed by atoms with Crippen LogP contribution < -0.4 is 20.3 Å². The van der Waals surface area contributed by atoms with E-state index in [9.17, 15) is 22.4 Å². The highest BCUT2D eigenvalue weighted by molar-refractivity contribution is 5.89. The average Bonchev–Trinajstić information content (AvgIpc) is 2.93. The molecule has 1 amide bonds. The Bertz CT molecular complexity index is 1290. The zero-order valence-electron chi connectivity index (χ0n) is 22.0. The fraction of sp³-hybridized carbons (Fsp3) is 0.393. The molecule has 39 heavy (non-hydrogen) atoms. The highest BCUT2D eigenvalue weighted by Gasteiger charge is 2.44. The molecule has 208 valence electrons. The second-order valence-corrected chi connectivity index (χ2v) is 9.66. The Labute approximate surface area is 224 Å². The SMILES string of the molecule is CNC[C@H](C)NC(=O)C1(c2ccc(-c3cccnc3OC)nc2)CCN(c2ccc(C(F)(F)F)cc2F)CC1. The van der Waals surface area contributed by atoms with Gasteiger partial charge in [0, 0.05) is 38.1 Å². The van der Waals surface area contributed by atoms with Crippen LogP contribution in [0.2, 0.25) is 0 Å². The summed E-state index contributed by atoms with van der Waals surface area (Å²) in [4.78, 5) is 24.2. The number of hydrogen-bond donors (Lipinski definition) is 2. The van der Waals surface area contributed by atoms with E-state index in [1.807, 2.05) is 25.1 Å². The number of pyridine rings is 2. The number of nitrogens with one attached hydrogen (secondary N) is 2. The van der Waals surface area contributed by atoms with Gasteiger partial charge in [-0.15, -0.1) is 0 Å². The van der Waals surface area contributed by atoms with Gasteiger partial charge >= 0.3 is 6.18 Å². The molecule has 1 fully saturated rings. The number of alkyl halides is 3. The number of carbonyl (C=O) groups excluding carboxylic acids is 1. The van der Waals surface area contributed by atoms with Crippen LogP contribution in [0.15, 0.2) is 54.9 Å². The monoisotopic (exact) mass is 545 g/mol. The fourth-order valence-corrected chi connectivity index (χ4v) is 5.02. The molecule has 0 bridgehead atoms. The number of anilines is 1. The molecule has 11 heteroatoms. The molecular weight excluding hydrogens is 514 g/mol. The normalized spacial score (nSPS) is 16.0. The van der Waals surface area contributed by atoms with Gasteiger partial charge in [-0.3, -0.25) is 9.78 Å². The van der Waals surface area contributed by atoms with E-state index in [0.29, 0.717) is 48.2 Å². The molecule has 1 aliphatic rings. The van der Waals surface area contributed by atoms with E-state index in [-0.39, 0.29) is 30.7 Å². The summed E-state index contributed by atoms with van der Waals surface area (Å²) in [5.74, 6) is -0.690. The molecule has 0 radical (unpaired) electrons. The van der Waals surface area contributed by atoms with Gasteiger partial charge in [-0.2, -0.15) is 13.2 Å². The zero-order valence-corrected chi connectivity index (χ0v) is 22.0. The van der Waals surface area contributed by atoms with E-state index in [1.54, 1.807) is 30.4 Å². The Morgan fingerprint density at radius 1 is 1.15 bits per heavy atom. The van der Waals surface area contributed by atoms with Crippen LogP contribution >= 0.6 is 0 Å². The van der Waals surface area contributed by atoms with Crippen molar-refractivity contribution in [2.75, 3.05) is 38.7 Å². The highest BCUT2D eigenvalue weighted by Crippen LogP contribution is 2.40. The second kappa shape index (κ2) is 11.6. The van der Waals surface area contributed by atoms with Crippen molar-refractivity contribution < 1.29 is 27.1 Å². The Balaban J connectivity index is 1.63. The summed E-state index contributed by atoms with van der Waals surface area (Å²) < 4.78 is 59.1. The van der Waals surface area contributed by atoms with E-state index in [4.69, 9.17) is 4.74 Å². The number of ether oxygens (including phenoxy) is 1. The Morgan fingerprint density at radius 2 is 1.90 bits per heavy atom. The first kappa shape index (κ1) is 28.3. The van der Waals surface area contributed by atoms with Crippen molar-refractivity contribution in [2.24, 2.45) is 0 Å². The minimum atomic E-state index is -4.63. The molecule has 0 spiro atoms. The van der Waals surface area contributed by atoms with Gasteiger partial charge in [0.1, 0.15) is 5.82 Å². The number of carbonyl (C=O) groups is 1. The molecule has 1 saturated heterocycles. The Kier molecular flexibility index (Phi) is 8.39. The van der Waals surface area contributed by atoms with Crippen molar-refractivity contribution in [3.05, 3.63) is 71.8 Å². The lowest BCUT2D eigenvalue weighted by Crippen LogP contribution is -2.54. The van der Waals surface area contributed by atoms with Crippen LogP contribution in [0.25, 0.3) is 11.3 Å². The molecule has 7 nitrogen and oxygen atoms in total. The maximum atomic E-state index is 14.7. The first-order chi connectivity index (χ1) is 18.6. The Morgan fingerprint density at radius 3 is 2.49 bits per heavy atom. The van der Waals surface area contributed by atoms with Crippen molar-refractivity contribution in [1.29, 1.82) is 0 Å². The number of halogens is 4. The van der Waals surface area contributed by atoms with Gasteiger partial charge in [0.2, 0.25) is 11.8 Å². The van der Waals surface area contributed by atoms with E-state index in [0.717, 1.165) is 12.1 Å². The summed E-state index contributed by atoms with van der Waals surface area (Å²) in [6.45, 7) is 3.01. The van der Waals surface area contributed by atoms with Crippen molar-refractivity contribution >= 4 is 11.6 Å². The van der Waals surface area contributed by atoms with Crippen LogP contribution in [0.3, 0.4) is 0 Å². The number of amides is 1. The molecular formula is C28H31F4N5O2. The van der Waals surface area contributed by atoms with Crippen LogP contribution in [0.5, 0.6) is 5.88 Å². The Hall–Kier alpha value is -3.73. The van der Waals surface area contributed by atoms with Gasteiger partial charge in [0.25, 0.3) is 0 Å². The predicted molar refractivity (Wildman–Crippen MR) is 140 cm³/mol. The number of methoxy groups -OCH3 is 1. The minimum Gasteiger partial charge on any atom is -0.481 e. The maximum absolute atomic E-state index is 14.7. The molecule has 2 aromatic heterocycles. The van der Waals surface area contributed by atoms with E-state index in [2.05, 4.69) is 20.6 Å². The number of piperidine rings is 1.